The monoisotopic (exact) mass is 483 g/mol. The minimum Gasteiger partial charge on any atom is -0.489 e. The van der Waals surface area contributed by atoms with Crippen molar-refractivity contribution in [3.63, 3.8) is 0 Å². The summed E-state index contributed by atoms with van der Waals surface area (Å²) in [7, 11) is 0. The van der Waals surface area contributed by atoms with Gasteiger partial charge < -0.3 is 9.64 Å². The van der Waals surface area contributed by atoms with Crippen molar-refractivity contribution in [3.05, 3.63) is 58.3 Å². The number of carbonyl (C=O) groups is 1. The second-order valence-electron chi connectivity index (χ2n) is 9.90. The Labute approximate surface area is 202 Å². The molecule has 3 aromatic rings. The van der Waals surface area contributed by atoms with Gasteiger partial charge in [0, 0.05) is 36.0 Å². The summed E-state index contributed by atoms with van der Waals surface area (Å²) in [5, 5.41) is 5.04. The Bertz CT molecular complexity index is 1260. The van der Waals surface area contributed by atoms with E-state index in [4.69, 9.17) is 16.3 Å². The van der Waals surface area contributed by atoms with Gasteiger partial charge >= 0.3 is 0 Å². The lowest BCUT2D eigenvalue weighted by Gasteiger charge is -2.41. The number of piperidine rings is 1. The van der Waals surface area contributed by atoms with Crippen molar-refractivity contribution in [2.24, 2.45) is 0 Å². The molecule has 2 fully saturated rings. The molecule has 0 radical (unpaired) electrons. The van der Waals surface area contributed by atoms with Crippen LogP contribution < -0.4 is 4.74 Å². The van der Waals surface area contributed by atoms with Crippen LogP contribution in [0.3, 0.4) is 0 Å². The van der Waals surface area contributed by atoms with E-state index in [0.29, 0.717) is 53.2 Å². The SMILES string of the molecule is CC(C)N1[C@@H]2CC[C@H]1CC(Oc1cc(F)ccc1C(=O)N1Cc3nn4cc(Cl)cnc4c3C1)C2. The van der Waals surface area contributed by atoms with Gasteiger partial charge in [0.2, 0.25) is 0 Å². The highest BCUT2D eigenvalue weighted by Gasteiger charge is 2.43. The van der Waals surface area contributed by atoms with Crippen LogP contribution in [0.15, 0.2) is 30.6 Å². The van der Waals surface area contributed by atoms with Gasteiger partial charge in [-0.3, -0.25) is 9.69 Å². The summed E-state index contributed by atoms with van der Waals surface area (Å²) in [5.41, 5.74) is 2.79. The highest BCUT2D eigenvalue weighted by Crippen LogP contribution is 2.39. The van der Waals surface area contributed by atoms with Gasteiger partial charge in [0.25, 0.3) is 5.91 Å². The zero-order valence-electron chi connectivity index (χ0n) is 19.2. The Kier molecular flexibility index (Phi) is 5.26. The van der Waals surface area contributed by atoms with Gasteiger partial charge in [0.1, 0.15) is 17.7 Å². The molecule has 1 unspecified atom stereocenters. The van der Waals surface area contributed by atoms with Crippen LogP contribution in [0.5, 0.6) is 5.75 Å². The quantitative estimate of drug-likeness (QED) is 0.548. The first-order valence-corrected chi connectivity index (χ1v) is 12.3. The van der Waals surface area contributed by atoms with Crippen LogP contribution in [-0.4, -0.2) is 54.5 Å². The first kappa shape index (κ1) is 21.8. The standard InChI is InChI=1S/C25H27ClFN5O2/c1-14(2)32-17-4-5-18(32)9-19(8-17)34-23-7-16(27)3-6-20(23)25(33)30-12-21-22(13-30)29-31-11-15(26)10-28-24(21)31/h3,6-7,10-11,14,17-19H,4-5,8-9,12-13H2,1-2H3/t17-,18+,19?. The van der Waals surface area contributed by atoms with Gasteiger partial charge in [-0.05, 0) is 51.7 Å². The molecular formula is C25H27ClFN5O2. The Hall–Kier alpha value is -2.71. The topological polar surface area (TPSA) is 63.0 Å². The molecule has 2 aromatic heterocycles. The zero-order chi connectivity index (χ0) is 23.6. The van der Waals surface area contributed by atoms with E-state index in [1.54, 1.807) is 21.8 Å². The first-order valence-electron chi connectivity index (χ1n) is 11.9. The van der Waals surface area contributed by atoms with Crippen molar-refractivity contribution in [2.45, 2.75) is 76.8 Å². The van der Waals surface area contributed by atoms with Crippen molar-refractivity contribution >= 4 is 23.2 Å². The number of fused-ring (bicyclic) bond motifs is 5. The average molecular weight is 484 g/mol. The van der Waals surface area contributed by atoms with Crippen molar-refractivity contribution < 1.29 is 13.9 Å². The van der Waals surface area contributed by atoms with Crippen LogP contribution in [-0.2, 0) is 13.1 Å². The van der Waals surface area contributed by atoms with Gasteiger partial charge in [-0.2, -0.15) is 5.10 Å². The van der Waals surface area contributed by atoms with E-state index in [2.05, 4.69) is 28.8 Å². The van der Waals surface area contributed by atoms with E-state index in [9.17, 15) is 9.18 Å². The molecule has 1 aromatic carbocycles. The van der Waals surface area contributed by atoms with Gasteiger partial charge in [0.05, 0.1) is 35.6 Å². The number of carbonyl (C=O) groups excluding carboxylic acids is 1. The molecule has 1 amide bonds. The molecule has 6 rings (SSSR count). The van der Waals surface area contributed by atoms with Gasteiger partial charge in [-0.25, -0.2) is 13.9 Å². The average Bonchev–Trinajstić information content (AvgIpc) is 3.42. The largest absolute Gasteiger partial charge is 0.489 e. The summed E-state index contributed by atoms with van der Waals surface area (Å²) in [5.74, 6) is -0.267. The number of hydrogen-bond donors (Lipinski definition) is 0. The summed E-state index contributed by atoms with van der Waals surface area (Å²) < 4.78 is 22.2. The molecule has 3 atom stereocenters. The second kappa shape index (κ2) is 8.20. The van der Waals surface area contributed by atoms with Crippen LogP contribution in [0.4, 0.5) is 4.39 Å². The smallest absolute Gasteiger partial charge is 0.258 e. The molecule has 3 aliphatic heterocycles. The molecular weight excluding hydrogens is 457 g/mol. The summed E-state index contributed by atoms with van der Waals surface area (Å²) in [4.78, 5) is 22.2. The Balaban J connectivity index is 1.22. The van der Waals surface area contributed by atoms with Gasteiger partial charge in [-0.1, -0.05) is 11.6 Å². The Morgan fingerprint density at radius 1 is 1.21 bits per heavy atom. The third kappa shape index (κ3) is 3.64. The van der Waals surface area contributed by atoms with Crippen LogP contribution in [0.25, 0.3) is 5.65 Å². The molecule has 5 heterocycles. The lowest BCUT2D eigenvalue weighted by Crippen LogP contribution is -2.49. The summed E-state index contributed by atoms with van der Waals surface area (Å²) >= 11 is 6.02. The number of rotatable bonds is 4. The van der Waals surface area contributed by atoms with E-state index in [0.717, 1.165) is 24.1 Å². The van der Waals surface area contributed by atoms with Gasteiger partial charge in [-0.15, -0.1) is 0 Å². The minimum absolute atomic E-state index is 0.0187. The second-order valence-corrected chi connectivity index (χ2v) is 10.3. The Morgan fingerprint density at radius 2 is 1.97 bits per heavy atom. The van der Waals surface area contributed by atoms with Crippen LogP contribution in [0, 0.1) is 5.82 Å². The van der Waals surface area contributed by atoms with Gasteiger partial charge in [0.15, 0.2) is 5.65 Å². The molecule has 0 spiro atoms. The van der Waals surface area contributed by atoms with E-state index < -0.39 is 5.82 Å². The lowest BCUT2D eigenvalue weighted by atomic mass is 9.98. The fourth-order valence-corrected chi connectivity index (χ4v) is 6.23. The normalized spacial score (nSPS) is 24.3. The van der Waals surface area contributed by atoms with Crippen LogP contribution in [0.2, 0.25) is 5.02 Å². The summed E-state index contributed by atoms with van der Waals surface area (Å²) in [6.45, 7) is 5.23. The maximum Gasteiger partial charge on any atom is 0.258 e. The molecule has 0 N–H and O–H groups in total. The molecule has 178 valence electrons. The number of aromatic nitrogens is 3. The van der Waals surface area contributed by atoms with E-state index >= 15 is 0 Å². The molecule has 9 heteroatoms. The lowest BCUT2D eigenvalue weighted by molar-refractivity contribution is 0.0299. The number of halogens is 2. The van der Waals surface area contributed by atoms with Crippen molar-refractivity contribution in [3.8, 4) is 5.75 Å². The number of benzene rings is 1. The summed E-state index contributed by atoms with van der Waals surface area (Å²) in [6, 6.07) is 5.69. The number of ether oxygens (including phenoxy) is 1. The minimum atomic E-state index is -0.405. The molecule has 34 heavy (non-hydrogen) atoms. The number of amides is 1. The molecule has 2 saturated heterocycles. The predicted octanol–water partition coefficient (Wildman–Crippen LogP) is 4.46. The molecule has 0 saturated carbocycles. The number of nitrogens with zero attached hydrogens (tertiary/aromatic N) is 5. The molecule has 3 aliphatic rings. The highest BCUT2D eigenvalue weighted by atomic mass is 35.5. The van der Waals surface area contributed by atoms with Crippen molar-refractivity contribution in [1.29, 1.82) is 0 Å². The maximum absolute atomic E-state index is 14.2. The first-order chi connectivity index (χ1) is 16.4. The van der Waals surface area contributed by atoms with Crippen LogP contribution >= 0.6 is 11.6 Å². The number of hydrogen-bond acceptors (Lipinski definition) is 5. The molecule has 2 bridgehead atoms. The van der Waals surface area contributed by atoms with E-state index in [1.165, 1.54) is 31.0 Å². The van der Waals surface area contributed by atoms with E-state index in [1.807, 2.05) is 0 Å². The third-order valence-electron chi connectivity index (χ3n) is 7.41. The molecule has 0 aliphatic carbocycles. The zero-order valence-corrected chi connectivity index (χ0v) is 20.0. The summed E-state index contributed by atoms with van der Waals surface area (Å²) in [6.07, 6.45) is 7.41. The van der Waals surface area contributed by atoms with Crippen molar-refractivity contribution in [1.82, 2.24) is 24.4 Å². The third-order valence-corrected chi connectivity index (χ3v) is 7.60. The van der Waals surface area contributed by atoms with E-state index in [-0.39, 0.29) is 12.0 Å². The maximum atomic E-state index is 14.2. The fraction of sp³-hybridized carbons (Fsp3) is 0.480. The van der Waals surface area contributed by atoms with Crippen molar-refractivity contribution in [2.75, 3.05) is 0 Å². The highest BCUT2D eigenvalue weighted by molar-refractivity contribution is 6.30. The fourth-order valence-electron chi connectivity index (χ4n) is 6.09. The Morgan fingerprint density at radius 3 is 2.71 bits per heavy atom. The van der Waals surface area contributed by atoms with Crippen LogP contribution in [0.1, 0.15) is 61.1 Å². The molecule has 7 nitrogen and oxygen atoms in total. The predicted molar refractivity (Wildman–Crippen MR) is 125 cm³/mol.